The van der Waals surface area contributed by atoms with Crippen molar-refractivity contribution in [2.24, 2.45) is 0 Å². The first-order valence-electron chi connectivity index (χ1n) is 3.34. The SMILES string of the molecule is N=[N+]=CC(=O)c1ccc(Cl)c(Br)c1. The van der Waals surface area contributed by atoms with Crippen molar-refractivity contribution in [3.8, 4) is 0 Å². The van der Waals surface area contributed by atoms with Crippen LogP contribution in [0.5, 0.6) is 0 Å². The Morgan fingerprint density at radius 2 is 2.31 bits per heavy atom. The highest BCUT2D eigenvalue weighted by molar-refractivity contribution is 9.10. The first kappa shape index (κ1) is 10.1. The summed E-state index contributed by atoms with van der Waals surface area (Å²) in [4.78, 5) is 14.1. The Labute approximate surface area is 88.1 Å². The lowest BCUT2D eigenvalue weighted by Crippen LogP contribution is -2.00. The molecule has 0 spiro atoms. The molecule has 1 aromatic carbocycles. The number of Topliss-reactive ketones (excluding diaryl/α,β-unsaturated/α-hetero) is 1. The van der Waals surface area contributed by atoms with E-state index < -0.39 is 0 Å². The van der Waals surface area contributed by atoms with Gasteiger partial charge in [0.1, 0.15) is 0 Å². The monoisotopic (exact) mass is 259 g/mol. The molecule has 0 bridgehead atoms. The van der Waals surface area contributed by atoms with Crippen molar-refractivity contribution >= 4 is 39.5 Å². The van der Waals surface area contributed by atoms with Gasteiger partial charge in [0.25, 0.3) is 5.78 Å². The fraction of sp³-hybridized carbons (Fsp3) is 0. The Morgan fingerprint density at radius 1 is 1.62 bits per heavy atom. The van der Waals surface area contributed by atoms with Crippen LogP contribution in [0, 0.1) is 5.53 Å². The van der Waals surface area contributed by atoms with E-state index in [1.165, 1.54) is 0 Å². The first-order valence-corrected chi connectivity index (χ1v) is 4.51. The maximum absolute atomic E-state index is 11.2. The lowest BCUT2D eigenvalue weighted by Gasteiger charge is -1.96. The van der Waals surface area contributed by atoms with Crippen molar-refractivity contribution in [2.75, 3.05) is 0 Å². The smallest absolute Gasteiger partial charge is 0.281 e. The minimum absolute atomic E-state index is 0.313. The Kier molecular flexibility index (Phi) is 3.37. The van der Waals surface area contributed by atoms with Crippen LogP contribution in [0.3, 0.4) is 0 Å². The standard InChI is InChI=1S/C8H5BrClN2O/c9-6-3-5(1-2-7(6)10)8(13)4-12-11/h1-4,11H/q+1. The van der Waals surface area contributed by atoms with Gasteiger partial charge < -0.3 is 0 Å². The third-order valence-corrected chi connectivity index (χ3v) is 2.60. The van der Waals surface area contributed by atoms with Crippen molar-refractivity contribution < 1.29 is 9.58 Å². The third-order valence-electron chi connectivity index (χ3n) is 1.39. The van der Waals surface area contributed by atoms with Crippen LogP contribution >= 0.6 is 27.5 Å². The highest BCUT2D eigenvalue weighted by Crippen LogP contribution is 2.23. The Morgan fingerprint density at radius 3 is 2.85 bits per heavy atom. The van der Waals surface area contributed by atoms with E-state index in [9.17, 15) is 4.79 Å². The van der Waals surface area contributed by atoms with Crippen molar-refractivity contribution in [1.29, 1.82) is 5.53 Å². The molecule has 0 aliphatic rings. The zero-order chi connectivity index (χ0) is 9.84. The minimum atomic E-state index is -0.313. The van der Waals surface area contributed by atoms with Crippen LogP contribution in [-0.4, -0.2) is 16.8 Å². The summed E-state index contributed by atoms with van der Waals surface area (Å²) >= 11 is 8.92. The van der Waals surface area contributed by atoms with Crippen LogP contribution in [-0.2, 0) is 0 Å². The predicted octanol–water partition coefficient (Wildman–Crippen LogP) is 2.60. The summed E-state index contributed by atoms with van der Waals surface area (Å²) in [6, 6.07) is 4.78. The van der Waals surface area contributed by atoms with Gasteiger partial charge in [-0.25, -0.2) is 0 Å². The maximum atomic E-state index is 11.2. The highest BCUT2D eigenvalue weighted by atomic mass is 79.9. The van der Waals surface area contributed by atoms with Gasteiger partial charge in [-0.15, -0.1) is 0 Å². The fourth-order valence-electron chi connectivity index (χ4n) is 0.783. The second kappa shape index (κ2) is 4.33. The zero-order valence-corrected chi connectivity index (χ0v) is 8.76. The zero-order valence-electron chi connectivity index (χ0n) is 6.42. The number of carbonyl (C=O) groups excluding carboxylic acids is 1. The van der Waals surface area contributed by atoms with Crippen molar-refractivity contribution in [1.82, 2.24) is 0 Å². The lowest BCUT2D eigenvalue weighted by atomic mass is 10.1. The van der Waals surface area contributed by atoms with E-state index >= 15 is 0 Å². The maximum Gasteiger partial charge on any atom is 0.377 e. The van der Waals surface area contributed by atoms with Gasteiger partial charge in [0.2, 0.25) is 0 Å². The number of carbonyl (C=O) groups is 1. The molecule has 0 aliphatic carbocycles. The molecule has 5 heteroatoms. The molecule has 1 rings (SSSR count). The molecule has 0 aromatic heterocycles. The van der Waals surface area contributed by atoms with Gasteiger partial charge in [-0.1, -0.05) is 11.6 Å². The summed E-state index contributed by atoms with van der Waals surface area (Å²) in [6.45, 7) is 0. The molecule has 0 saturated carbocycles. The summed E-state index contributed by atoms with van der Waals surface area (Å²) in [5, 5.41) is 0.541. The molecule has 0 heterocycles. The van der Waals surface area contributed by atoms with Gasteiger partial charge in [0.15, 0.2) is 0 Å². The second-order valence-corrected chi connectivity index (χ2v) is 3.51. The number of nitrogens with one attached hydrogen (secondary N) is 1. The van der Waals surface area contributed by atoms with E-state index in [-0.39, 0.29) is 5.78 Å². The molecule has 13 heavy (non-hydrogen) atoms. The highest BCUT2D eigenvalue weighted by Gasteiger charge is 2.09. The van der Waals surface area contributed by atoms with E-state index in [1.807, 2.05) is 0 Å². The largest absolute Gasteiger partial charge is 0.377 e. The summed E-state index contributed by atoms with van der Waals surface area (Å²) in [7, 11) is 0. The number of hydrogen-bond acceptors (Lipinski definition) is 2. The Bertz CT molecular complexity index is 399. The summed E-state index contributed by atoms with van der Waals surface area (Å²) in [5.41, 5.74) is 6.94. The molecule has 66 valence electrons. The number of hydrogen-bond donors (Lipinski definition) is 1. The molecular formula is C8H5BrClN2O+. The Balaban J connectivity index is 3.10. The van der Waals surface area contributed by atoms with Crippen LogP contribution in [0.1, 0.15) is 10.4 Å². The lowest BCUT2D eigenvalue weighted by molar-refractivity contribution is -0.111. The average molecular weight is 260 g/mol. The molecule has 0 amide bonds. The van der Waals surface area contributed by atoms with Gasteiger partial charge in [0, 0.05) is 10.0 Å². The number of rotatable bonds is 2. The average Bonchev–Trinajstić information content (AvgIpc) is 2.10. The normalized spacial score (nSPS) is 9.08. The summed E-state index contributed by atoms with van der Waals surface area (Å²) in [5.74, 6) is -0.313. The molecule has 1 N–H and O–H groups in total. The van der Waals surface area contributed by atoms with E-state index in [2.05, 4.69) is 20.7 Å². The summed E-state index contributed by atoms with van der Waals surface area (Å²) in [6.07, 6.45) is 0.940. The van der Waals surface area contributed by atoms with E-state index in [4.69, 9.17) is 17.1 Å². The van der Waals surface area contributed by atoms with E-state index in [0.29, 0.717) is 15.1 Å². The van der Waals surface area contributed by atoms with Crippen molar-refractivity contribution in [2.45, 2.75) is 0 Å². The molecule has 3 nitrogen and oxygen atoms in total. The van der Waals surface area contributed by atoms with Crippen molar-refractivity contribution in [3.05, 3.63) is 33.3 Å². The predicted molar refractivity (Wildman–Crippen MR) is 52.5 cm³/mol. The van der Waals surface area contributed by atoms with Crippen LogP contribution in [0.25, 0.3) is 0 Å². The van der Waals surface area contributed by atoms with Crippen LogP contribution in [0.15, 0.2) is 22.7 Å². The van der Waals surface area contributed by atoms with E-state index in [0.717, 1.165) is 6.21 Å². The molecule has 0 unspecified atom stereocenters. The van der Waals surface area contributed by atoms with Gasteiger partial charge >= 0.3 is 6.21 Å². The Hall–Kier alpha value is -0.960. The van der Waals surface area contributed by atoms with Gasteiger partial charge in [-0.3, -0.25) is 4.79 Å². The number of ketones is 1. The van der Waals surface area contributed by atoms with Crippen LogP contribution in [0.2, 0.25) is 5.02 Å². The number of halogens is 2. The molecule has 0 radical (unpaired) electrons. The number of benzene rings is 1. The van der Waals surface area contributed by atoms with Gasteiger partial charge in [-0.2, -0.15) is 0 Å². The molecule has 0 atom stereocenters. The molecule has 0 aliphatic heterocycles. The molecule has 0 saturated heterocycles. The van der Waals surface area contributed by atoms with Crippen LogP contribution in [0.4, 0.5) is 0 Å². The summed E-state index contributed by atoms with van der Waals surface area (Å²) < 4.78 is 0.651. The fourth-order valence-corrected chi connectivity index (χ4v) is 1.28. The topological polar surface area (TPSA) is 55.0 Å². The van der Waals surface area contributed by atoms with Crippen molar-refractivity contribution in [3.63, 3.8) is 0 Å². The molecular weight excluding hydrogens is 255 g/mol. The van der Waals surface area contributed by atoms with E-state index in [1.54, 1.807) is 18.2 Å². The quantitative estimate of drug-likeness (QED) is 0.378. The number of nitrogens with zero attached hydrogens (tertiary/aromatic N) is 1. The van der Waals surface area contributed by atoms with Crippen LogP contribution < -0.4 is 0 Å². The minimum Gasteiger partial charge on any atom is -0.281 e. The van der Waals surface area contributed by atoms with Gasteiger partial charge in [-0.05, 0) is 34.1 Å². The molecule has 0 fully saturated rings. The van der Waals surface area contributed by atoms with Gasteiger partial charge in [0.05, 0.1) is 15.3 Å². The third kappa shape index (κ3) is 2.49. The molecule has 1 aromatic rings. The first-order chi connectivity index (χ1) is 6.15. The second-order valence-electron chi connectivity index (χ2n) is 2.25.